The molecule has 51 heavy (non-hydrogen) atoms. The van der Waals surface area contributed by atoms with E-state index in [0.29, 0.717) is 5.82 Å². The third-order valence-corrected chi connectivity index (χ3v) is 9.33. The molecule has 4 heterocycles. The smallest absolute Gasteiger partial charge is 0.160 e. The first-order valence-electron chi connectivity index (χ1n) is 17.0. The van der Waals surface area contributed by atoms with Crippen LogP contribution < -0.4 is 0 Å². The van der Waals surface area contributed by atoms with E-state index in [1.807, 2.05) is 60.8 Å². The van der Waals surface area contributed by atoms with Crippen LogP contribution in [0.4, 0.5) is 0 Å². The summed E-state index contributed by atoms with van der Waals surface area (Å²) in [4.78, 5) is 24.5. The van der Waals surface area contributed by atoms with Gasteiger partial charge in [-0.25, -0.2) is 19.9 Å². The number of aromatic nitrogens is 5. The molecule has 0 unspecified atom stereocenters. The zero-order chi connectivity index (χ0) is 34.1. The molecule has 0 aliphatic carbocycles. The summed E-state index contributed by atoms with van der Waals surface area (Å²) in [6.45, 7) is 2.15. The number of hydrogen-bond donors (Lipinski definition) is 0. The van der Waals surface area contributed by atoms with Crippen LogP contribution in [0.2, 0.25) is 0 Å². The molecule has 0 amide bonds. The Labute approximate surface area is 296 Å². The standard InChI is InChI=1S/C46H31N5/c1-30-27-41(49-45-39(30)24-22-36-23-25-40(48-44(36)45)33-9-4-2-5-10-33)35-18-14-31(15-19-35)32-16-20-37(21-17-32)46-50-42(34-11-6-3-7-12-34)28-43(51-46)38-13-8-26-47-29-38/h2-29H,1H3. The van der Waals surface area contributed by atoms with E-state index < -0.39 is 0 Å². The third kappa shape index (κ3) is 5.91. The number of fused-ring (bicyclic) bond motifs is 3. The molecule has 9 aromatic rings. The molecule has 5 nitrogen and oxygen atoms in total. The summed E-state index contributed by atoms with van der Waals surface area (Å²) in [6.07, 6.45) is 3.61. The number of rotatable bonds is 6. The Morgan fingerprint density at radius 3 is 1.57 bits per heavy atom. The lowest BCUT2D eigenvalue weighted by Gasteiger charge is -2.11. The predicted molar refractivity (Wildman–Crippen MR) is 208 cm³/mol. The van der Waals surface area contributed by atoms with E-state index in [1.165, 1.54) is 5.56 Å². The van der Waals surface area contributed by atoms with Gasteiger partial charge in [0.1, 0.15) is 0 Å². The van der Waals surface area contributed by atoms with E-state index in [1.54, 1.807) is 6.20 Å². The lowest BCUT2D eigenvalue weighted by atomic mass is 9.99. The van der Waals surface area contributed by atoms with Crippen LogP contribution in [0, 0.1) is 6.92 Å². The molecule has 0 saturated heterocycles. The maximum absolute atomic E-state index is 5.19. The molecule has 0 fully saturated rings. The molecule has 0 N–H and O–H groups in total. The van der Waals surface area contributed by atoms with Gasteiger partial charge in [0.05, 0.1) is 33.8 Å². The van der Waals surface area contributed by atoms with E-state index in [2.05, 4.69) is 115 Å². The molecule has 0 bridgehead atoms. The van der Waals surface area contributed by atoms with Crippen molar-refractivity contribution >= 4 is 21.8 Å². The number of benzene rings is 5. The van der Waals surface area contributed by atoms with Gasteiger partial charge in [-0.1, -0.05) is 127 Å². The fourth-order valence-corrected chi connectivity index (χ4v) is 6.60. The predicted octanol–water partition coefficient (Wildman–Crippen LogP) is 11.3. The van der Waals surface area contributed by atoms with Crippen LogP contribution in [0.15, 0.2) is 170 Å². The van der Waals surface area contributed by atoms with E-state index in [0.717, 1.165) is 83.5 Å². The Bertz CT molecular complexity index is 2600. The molecule has 240 valence electrons. The molecule has 0 aliphatic heterocycles. The van der Waals surface area contributed by atoms with Crippen LogP contribution in [-0.2, 0) is 0 Å². The molecule has 0 atom stereocenters. The summed E-state index contributed by atoms with van der Waals surface area (Å²) < 4.78 is 0. The second-order valence-corrected chi connectivity index (χ2v) is 12.6. The normalized spacial score (nSPS) is 11.2. The second kappa shape index (κ2) is 12.9. The summed E-state index contributed by atoms with van der Waals surface area (Å²) in [5, 5.41) is 2.20. The van der Waals surface area contributed by atoms with Gasteiger partial charge in [-0.05, 0) is 53.9 Å². The molecule has 0 spiro atoms. The highest BCUT2D eigenvalue weighted by Crippen LogP contribution is 2.33. The van der Waals surface area contributed by atoms with Gasteiger partial charge in [0.15, 0.2) is 5.82 Å². The SMILES string of the molecule is Cc1cc(-c2ccc(-c3ccc(-c4nc(-c5ccccc5)cc(-c5cccnc5)n4)cc3)cc2)nc2c1ccc1ccc(-c3ccccc3)nc12. The molecule has 9 rings (SSSR count). The molecule has 0 saturated carbocycles. The summed E-state index contributed by atoms with van der Waals surface area (Å²) in [5.74, 6) is 0.674. The first-order valence-corrected chi connectivity index (χ1v) is 17.0. The van der Waals surface area contributed by atoms with Crippen molar-refractivity contribution < 1.29 is 0 Å². The average molecular weight is 654 g/mol. The average Bonchev–Trinajstić information content (AvgIpc) is 3.21. The zero-order valence-electron chi connectivity index (χ0n) is 27.9. The molecule has 5 aromatic carbocycles. The highest BCUT2D eigenvalue weighted by Gasteiger charge is 2.13. The topological polar surface area (TPSA) is 64.5 Å². The first-order chi connectivity index (χ1) is 25.2. The lowest BCUT2D eigenvalue weighted by molar-refractivity contribution is 1.18. The highest BCUT2D eigenvalue weighted by molar-refractivity contribution is 6.05. The van der Waals surface area contributed by atoms with Crippen molar-refractivity contribution in [3.05, 3.63) is 176 Å². The first kappa shape index (κ1) is 30.2. The molecular formula is C46H31N5. The van der Waals surface area contributed by atoms with Gasteiger partial charge < -0.3 is 0 Å². The van der Waals surface area contributed by atoms with Gasteiger partial charge in [-0.3, -0.25) is 4.98 Å². The van der Waals surface area contributed by atoms with Gasteiger partial charge in [0.25, 0.3) is 0 Å². The highest BCUT2D eigenvalue weighted by atomic mass is 14.9. The summed E-state index contributed by atoms with van der Waals surface area (Å²) >= 11 is 0. The third-order valence-electron chi connectivity index (χ3n) is 9.33. The zero-order valence-corrected chi connectivity index (χ0v) is 27.9. The Morgan fingerprint density at radius 2 is 0.902 bits per heavy atom. The Kier molecular flexibility index (Phi) is 7.63. The van der Waals surface area contributed by atoms with E-state index >= 15 is 0 Å². The van der Waals surface area contributed by atoms with Crippen molar-refractivity contribution in [3.63, 3.8) is 0 Å². The number of aryl methyl sites for hydroxylation is 1. The van der Waals surface area contributed by atoms with Crippen LogP contribution in [0.5, 0.6) is 0 Å². The van der Waals surface area contributed by atoms with Crippen LogP contribution in [0.1, 0.15) is 5.56 Å². The summed E-state index contributed by atoms with van der Waals surface area (Å²) in [5.41, 5.74) is 13.9. The largest absolute Gasteiger partial charge is 0.264 e. The van der Waals surface area contributed by atoms with Gasteiger partial charge in [0.2, 0.25) is 0 Å². The number of pyridine rings is 3. The van der Waals surface area contributed by atoms with Crippen molar-refractivity contribution in [3.8, 4) is 67.5 Å². The Balaban J connectivity index is 1.04. The van der Waals surface area contributed by atoms with Crippen molar-refractivity contribution in [1.82, 2.24) is 24.9 Å². The minimum Gasteiger partial charge on any atom is -0.264 e. The van der Waals surface area contributed by atoms with Crippen molar-refractivity contribution in [2.45, 2.75) is 6.92 Å². The number of nitrogens with zero attached hydrogens (tertiary/aromatic N) is 5. The maximum Gasteiger partial charge on any atom is 0.160 e. The van der Waals surface area contributed by atoms with Crippen molar-refractivity contribution in [2.75, 3.05) is 0 Å². The lowest BCUT2D eigenvalue weighted by Crippen LogP contribution is -1.96. The Morgan fingerprint density at radius 1 is 0.373 bits per heavy atom. The van der Waals surface area contributed by atoms with Crippen LogP contribution in [0.3, 0.4) is 0 Å². The quantitative estimate of drug-likeness (QED) is 0.167. The summed E-state index contributed by atoms with van der Waals surface area (Å²) in [7, 11) is 0. The monoisotopic (exact) mass is 653 g/mol. The molecular weight excluding hydrogens is 623 g/mol. The number of hydrogen-bond acceptors (Lipinski definition) is 5. The van der Waals surface area contributed by atoms with Gasteiger partial charge in [-0.2, -0.15) is 0 Å². The molecule has 0 radical (unpaired) electrons. The minimum absolute atomic E-state index is 0.674. The Hall–Kier alpha value is -6.85. The van der Waals surface area contributed by atoms with Crippen molar-refractivity contribution in [1.29, 1.82) is 0 Å². The van der Waals surface area contributed by atoms with E-state index in [-0.39, 0.29) is 0 Å². The molecule has 0 aliphatic rings. The van der Waals surface area contributed by atoms with Crippen LogP contribution in [0.25, 0.3) is 89.4 Å². The van der Waals surface area contributed by atoms with E-state index in [4.69, 9.17) is 19.9 Å². The van der Waals surface area contributed by atoms with E-state index in [9.17, 15) is 0 Å². The fourth-order valence-electron chi connectivity index (χ4n) is 6.60. The van der Waals surface area contributed by atoms with Crippen molar-refractivity contribution in [2.24, 2.45) is 0 Å². The van der Waals surface area contributed by atoms with Crippen LogP contribution in [-0.4, -0.2) is 24.9 Å². The molecule has 4 aromatic heterocycles. The second-order valence-electron chi connectivity index (χ2n) is 12.6. The van der Waals surface area contributed by atoms with Crippen LogP contribution >= 0.6 is 0 Å². The van der Waals surface area contributed by atoms with Gasteiger partial charge in [-0.15, -0.1) is 0 Å². The summed E-state index contributed by atoms with van der Waals surface area (Å²) in [6, 6.07) is 54.2. The molecule has 5 heteroatoms. The minimum atomic E-state index is 0.674. The van der Waals surface area contributed by atoms with Gasteiger partial charge >= 0.3 is 0 Å². The van der Waals surface area contributed by atoms with Gasteiger partial charge in [0, 0.05) is 51.0 Å². The fraction of sp³-hybridized carbons (Fsp3) is 0.0217. The maximum atomic E-state index is 5.19.